The molecule has 0 aliphatic rings. The molecule has 1 amide bonds. The normalized spacial score (nSPS) is 10.7. The predicted molar refractivity (Wildman–Crippen MR) is 76.9 cm³/mol. The molecular formula is C15H13N3O2. The van der Waals surface area contributed by atoms with Crippen molar-refractivity contribution >= 4 is 22.6 Å². The van der Waals surface area contributed by atoms with Crippen LogP contribution in [0.4, 0.5) is 5.82 Å². The number of para-hydroxylation sites is 1. The van der Waals surface area contributed by atoms with E-state index in [4.69, 9.17) is 0 Å². The highest BCUT2D eigenvalue weighted by Crippen LogP contribution is 2.22. The van der Waals surface area contributed by atoms with Crippen LogP contribution in [0.25, 0.3) is 10.9 Å². The van der Waals surface area contributed by atoms with Crippen LogP contribution in [0.1, 0.15) is 15.9 Å². The maximum Gasteiger partial charge on any atom is 0.257 e. The van der Waals surface area contributed by atoms with Gasteiger partial charge in [-0.1, -0.05) is 18.2 Å². The first-order valence-corrected chi connectivity index (χ1v) is 6.19. The first kappa shape index (κ1) is 12.2. The van der Waals surface area contributed by atoms with Crippen LogP contribution in [0.5, 0.6) is 5.75 Å². The Bertz CT molecular complexity index is 793. The number of anilines is 1. The third-order valence-corrected chi connectivity index (χ3v) is 3.17. The van der Waals surface area contributed by atoms with Gasteiger partial charge in [0.2, 0.25) is 0 Å². The van der Waals surface area contributed by atoms with Crippen molar-refractivity contribution in [3.8, 4) is 5.75 Å². The van der Waals surface area contributed by atoms with Gasteiger partial charge < -0.3 is 10.4 Å². The molecule has 100 valence electrons. The lowest BCUT2D eigenvalue weighted by Crippen LogP contribution is -2.12. The molecule has 0 aliphatic heterocycles. The lowest BCUT2D eigenvalue weighted by Gasteiger charge is -2.04. The first-order valence-electron chi connectivity index (χ1n) is 6.19. The van der Waals surface area contributed by atoms with Crippen LogP contribution < -0.4 is 5.32 Å². The van der Waals surface area contributed by atoms with Gasteiger partial charge >= 0.3 is 0 Å². The summed E-state index contributed by atoms with van der Waals surface area (Å²) in [6, 6.07) is 12.3. The number of aryl methyl sites for hydroxylation is 1. The van der Waals surface area contributed by atoms with Gasteiger partial charge in [-0.15, -0.1) is 0 Å². The SMILES string of the molecule is Cc1ccc(C(=O)Nc2n[nH]c3ccccc23)cc1O. The third kappa shape index (κ3) is 2.09. The standard InChI is InChI=1S/C15H13N3O2/c1-9-6-7-10(8-13(9)19)15(20)16-14-11-4-2-3-5-12(11)17-18-14/h2-8,19H,1H3,(H2,16,17,18,20). The fourth-order valence-corrected chi connectivity index (χ4v) is 1.99. The molecule has 0 fully saturated rings. The summed E-state index contributed by atoms with van der Waals surface area (Å²) in [5.74, 6) is 0.271. The highest BCUT2D eigenvalue weighted by molar-refractivity contribution is 6.08. The number of carbonyl (C=O) groups is 1. The summed E-state index contributed by atoms with van der Waals surface area (Å²) in [5.41, 5.74) is 1.97. The number of hydrogen-bond acceptors (Lipinski definition) is 3. The summed E-state index contributed by atoms with van der Waals surface area (Å²) in [6.07, 6.45) is 0. The lowest BCUT2D eigenvalue weighted by atomic mass is 10.1. The second-order valence-electron chi connectivity index (χ2n) is 4.57. The molecule has 3 N–H and O–H groups in total. The van der Waals surface area contributed by atoms with Crippen LogP contribution in [-0.4, -0.2) is 21.2 Å². The van der Waals surface area contributed by atoms with Gasteiger partial charge in [0.25, 0.3) is 5.91 Å². The summed E-state index contributed by atoms with van der Waals surface area (Å²) < 4.78 is 0. The summed E-state index contributed by atoms with van der Waals surface area (Å²) >= 11 is 0. The Balaban J connectivity index is 1.90. The fourth-order valence-electron chi connectivity index (χ4n) is 1.99. The highest BCUT2D eigenvalue weighted by atomic mass is 16.3. The zero-order valence-electron chi connectivity index (χ0n) is 10.8. The van der Waals surface area contributed by atoms with E-state index in [2.05, 4.69) is 15.5 Å². The maximum absolute atomic E-state index is 12.1. The number of fused-ring (bicyclic) bond motifs is 1. The van der Waals surface area contributed by atoms with E-state index in [1.165, 1.54) is 6.07 Å². The van der Waals surface area contributed by atoms with Crippen molar-refractivity contribution in [2.75, 3.05) is 5.32 Å². The molecule has 0 bridgehead atoms. The van der Waals surface area contributed by atoms with Crippen molar-refractivity contribution in [3.63, 3.8) is 0 Å². The minimum atomic E-state index is -0.308. The van der Waals surface area contributed by atoms with E-state index in [1.54, 1.807) is 19.1 Å². The molecule has 0 saturated carbocycles. The van der Waals surface area contributed by atoms with Gasteiger partial charge in [-0.05, 0) is 36.8 Å². The Labute approximate surface area is 115 Å². The molecule has 0 unspecified atom stereocenters. The summed E-state index contributed by atoms with van der Waals surface area (Å²) in [7, 11) is 0. The largest absolute Gasteiger partial charge is 0.508 e. The molecule has 20 heavy (non-hydrogen) atoms. The molecule has 1 heterocycles. The van der Waals surface area contributed by atoms with E-state index in [1.807, 2.05) is 24.3 Å². The van der Waals surface area contributed by atoms with Crippen molar-refractivity contribution in [1.82, 2.24) is 10.2 Å². The molecule has 2 aromatic carbocycles. The molecule has 0 saturated heterocycles. The summed E-state index contributed by atoms with van der Waals surface area (Å²) in [4.78, 5) is 12.1. The number of rotatable bonds is 2. The number of nitrogens with one attached hydrogen (secondary N) is 2. The average Bonchev–Trinajstić information content (AvgIpc) is 2.85. The molecule has 0 aliphatic carbocycles. The number of phenolic OH excluding ortho intramolecular Hbond substituents is 1. The minimum absolute atomic E-state index is 0.101. The smallest absolute Gasteiger partial charge is 0.257 e. The zero-order chi connectivity index (χ0) is 14.1. The Hall–Kier alpha value is -2.82. The number of aromatic hydroxyl groups is 1. The number of aromatic amines is 1. The number of amides is 1. The molecular weight excluding hydrogens is 254 g/mol. The minimum Gasteiger partial charge on any atom is -0.508 e. The molecule has 3 aromatic rings. The highest BCUT2D eigenvalue weighted by Gasteiger charge is 2.11. The Morgan fingerprint density at radius 1 is 1.25 bits per heavy atom. The molecule has 0 radical (unpaired) electrons. The van der Waals surface area contributed by atoms with E-state index in [0.29, 0.717) is 11.4 Å². The van der Waals surface area contributed by atoms with Crippen LogP contribution in [0, 0.1) is 6.92 Å². The van der Waals surface area contributed by atoms with Crippen molar-refractivity contribution in [1.29, 1.82) is 0 Å². The lowest BCUT2D eigenvalue weighted by molar-refractivity contribution is 0.102. The number of H-pyrrole nitrogens is 1. The Morgan fingerprint density at radius 2 is 2.05 bits per heavy atom. The van der Waals surface area contributed by atoms with Crippen molar-refractivity contribution in [2.45, 2.75) is 6.92 Å². The van der Waals surface area contributed by atoms with E-state index in [9.17, 15) is 9.90 Å². The topological polar surface area (TPSA) is 78.0 Å². The van der Waals surface area contributed by atoms with Crippen LogP contribution in [-0.2, 0) is 0 Å². The first-order chi connectivity index (χ1) is 9.65. The van der Waals surface area contributed by atoms with Gasteiger partial charge in [0.05, 0.1) is 5.52 Å². The predicted octanol–water partition coefficient (Wildman–Crippen LogP) is 2.83. The van der Waals surface area contributed by atoms with Gasteiger partial charge in [0.1, 0.15) is 5.75 Å². The zero-order valence-corrected chi connectivity index (χ0v) is 10.8. The molecule has 3 rings (SSSR count). The van der Waals surface area contributed by atoms with E-state index in [0.717, 1.165) is 16.5 Å². The van der Waals surface area contributed by atoms with Gasteiger partial charge in [-0.2, -0.15) is 5.10 Å². The van der Waals surface area contributed by atoms with Crippen LogP contribution >= 0.6 is 0 Å². The monoisotopic (exact) mass is 267 g/mol. The summed E-state index contributed by atoms with van der Waals surface area (Å²) in [6.45, 7) is 1.78. The number of phenols is 1. The number of nitrogens with zero attached hydrogens (tertiary/aromatic N) is 1. The second kappa shape index (κ2) is 4.70. The van der Waals surface area contributed by atoms with E-state index in [-0.39, 0.29) is 11.7 Å². The van der Waals surface area contributed by atoms with Crippen molar-refractivity contribution < 1.29 is 9.90 Å². The maximum atomic E-state index is 12.1. The van der Waals surface area contributed by atoms with Crippen LogP contribution in [0.3, 0.4) is 0 Å². The van der Waals surface area contributed by atoms with Gasteiger partial charge in [-0.25, -0.2) is 0 Å². The van der Waals surface area contributed by atoms with E-state index < -0.39 is 0 Å². The number of hydrogen-bond donors (Lipinski definition) is 3. The second-order valence-corrected chi connectivity index (χ2v) is 4.57. The van der Waals surface area contributed by atoms with Crippen LogP contribution in [0.15, 0.2) is 42.5 Å². The molecule has 1 aromatic heterocycles. The summed E-state index contributed by atoms with van der Waals surface area (Å²) in [5, 5.41) is 20.2. The quantitative estimate of drug-likeness (QED) is 0.668. The number of benzene rings is 2. The van der Waals surface area contributed by atoms with Crippen molar-refractivity contribution in [3.05, 3.63) is 53.6 Å². The van der Waals surface area contributed by atoms with Crippen LogP contribution in [0.2, 0.25) is 0 Å². The average molecular weight is 267 g/mol. The Morgan fingerprint density at radius 3 is 2.85 bits per heavy atom. The van der Waals surface area contributed by atoms with Gasteiger partial charge in [-0.3, -0.25) is 9.89 Å². The van der Waals surface area contributed by atoms with E-state index >= 15 is 0 Å². The molecule has 5 nitrogen and oxygen atoms in total. The number of carbonyl (C=O) groups excluding carboxylic acids is 1. The fraction of sp³-hybridized carbons (Fsp3) is 0.0667. The van der Waals surface area contributed by atoms with Crippen molar-refractivity contribution in [2.24, 2.45) is 0 Å². The van der Waals surface area contributed by atoms with Gasteiger partial charge in [0.15, 0.2) is 5.82 Å². The molecule has 5 heteroatoms. The number of aromatic nitrogens is 2. The molecule has 0 spiro atoms. The Kier molecular flexibility index (Phi) is 2.87. The molecule has 0 atom stereocenters. The third-order valence-electron chi connectivity index (χ3n) is 3.17. The van der Waals surface area contributed by atoms with Gasteiger partial charge in [0, 0.05) is 10.9 Å².